The second-order valence-electron chi connectivity index (χ2n) is 6.20. The number of benzene rings is 2. The second kappa shape index (κ2) is 10.4. The molecule has 11 heteroatoms. The van der Waals surface area contributed by atoms with Gasteiger partial charge >= 0.3 is 5.97 Å². The van der Waals surface area contributed by atoms with Crippen molar-refractivity contribution in [3.63, 3.8) is 0 Å². The number of hydrogen-bond acceptors (Lipinski definition) is 8. The largest absolute Gasteiger partial charge is 0.493 e. The molecule has 164 valence electrons. The van der Waals surface area contributed by atoms with Crippen LogP contribution in [0.1, 0.15) is 19.2 Å². The minimum atomic E-state index is -3.75. The van der Waals surface area contributed by atoms with E-state index in [1.807, 2.05) is 19.1 Å². The molecule has 3 aromatic rings. The smallest absolute Gasteiger partial charge is 0.307 e. The zero-order valence-corrected chi connectivity index (χ0v) is 18.1. The quantitative estimate of drug-likeness (QED) is 0.453. The lowest BCUT2D eigenvalue weighted by Crippen LogP contribution is -2.26. The van der Waals surface area contributed by atoms with Gasteiger partial charge in [0, 0.05) is 11.6 Å². The molecule has 0 bridgehead atoms. The first kappa shape index (κ1) is 22.7. The van der Waals surface area contributed by atoms with Crippen molar-refractivity contribution in [1.82, 2.24) is 14.9 Å². The fourth-order valence-corrected chi connectivity index (χ4v) is 3.71. The maximum atomic E-state index is 12.2. The first-order chi connectivity index (χ1) is 14.9. The van der Waals surface area contributed by atoms with Gasteiger partial charge < -0.3 is 14.0 Å². The Balaban J connectivity index is 1.49. The summed E-state index contributed by atoms with van der Waals surface area (Å²) in [6.07, 6.45) is -0.166. The van der Waals surface area contributed by atoms with E-state index in [4.69, 9.17) is 25.6 Å². The third-order valence-electron chi connectivity index (χ3n) is 4.00. The first-order valence-corrected chi connectivity index (χ1v) is 11.2. The number of para-hydroxylation sites is 1. The maximum absolute atomic E-state index is 12.2. The van der Waals surface area contributed by atoms with Gasteiger partial charge in [-0.15, -0.1) is 0 Å². The molecule has 0 radical (unpaired) electrons. The summed E-state index contributed by atoms with van der Waals surface area (Å²) < 4.78 is 42.4. The van der Waals surface area contributed by atoms with Crippen molar-refractivity contribution in [2.24, 2.45) is 0 Å². The highest BCUT2D eigenvalue weighted by atomic mass is 35.5. The van der Waals surface area contributed by atoms with E-state index in [1.54, 1.807) is 12.1 Å². The fourth-order valence-electron chi connectivity index (χ4n) is 2.55. The van der Waals surface area contributed by atoms with Crippen molar-refractivity contribution in [3.05, 3.63) is 59.4 Å². The Morgan fingerprint density at radius 1 is 1.16 bits per heavy atom. The van der Waals surface area contributed by atoms with E-state index in [-0.39, 0.29) is 30.4 Å². The van der Waals surface area contributed by atoms with Crippen molar-refractivity contribution in [3.8, 4) is 17.1 Å². The molecule has 0 aliphatic rings. The number of halogens is 1. The average Bonchev–Trinajstić information content (AvgIpc) is 3.22. The number of aromatic nitrogens is 2. The molecule has 1 aromatic heterocycles. The molecule has 0 fully saturated rings. The standard InChI is InChI=1S/C20H20ClN3O6S/c1-2-28-17-6-4-3-5-16(17)20-23-18(30-24-20)13-29-19(25)11-12-22-31(26,27)15-9-7-14(21)8-10-15/h3-10,22H,2,11-13H2,1H3. The van der Waals surface area contributed by atoms with Crippen LogP contribution in [0.2, 0.25) is 5.02 Å². The van der Waals surface area contributed by atoms with Gasteiger partial charge in [0.15, 0.2) is 6.61 Å². The van der Waals surface area contributed by atoms with E-state index >= 15 is 0 Å². The van der Waals surface area contributed by atoms with Gasteiger partial charge in [-0.1, -0.05) is 28.9 Å². The van der Waals surface area contributed by atoms with E-state index in [0.29, 0.717) is 28.8 Å². The molecular weight excluding hydrogens is 446 g/mol. The molecule has 0 aliphatic carbocycles. The Kier molecular flexibility index (Phi) is 7.61. The van der Waals surface area contributed by atoms with Crippen LogP contribution in [0.15, 0.2) is 57.9 Å². The molecule has 2 aromatic carbocycles. The summed E-state index contributed by atoms with van der Waals surface area (Å²) in [6.45, 7) is 2.00. The topological polar surface area (TPSA) is 121 Å². The van der Waals surface area contributed by atoms with E-state index in [2.05, 4.69) is 14.9 Å². The SMILES string of the molecule is CCOc1ccccc1-c1noc(COC(=O)CCNS(=O)(=O)c2ccc(Cl)cc2)n1. The summed E-state index contributed by atoms with van der Waals surface area (Å²) in [5.41, 5.74) is 0.655. The molecule has 0 spiro atoms. The molecule has 9 nitrogen and oxygen atoms in total. The number of esters is 1. The van der Waals surface area contributed by atoms with Gasteiger partial charge in [-0.05, 0) is 43.3 Å². The third-order valence-corrected chi connectivity index (χ3v) is 5.73. The number of sulfonamides is 1. The molecule has 0 aliphatic heterocycles. The molecular formula is C20H20ClN3O6S. The van der Waals surface area contributed by atoms with Crippen LogP contribution in [0.3, 0.4) is 0 Å². The average molecular weight is 466 g/mol. The Bertz CT molecular complexity index is 1130. The normalized spacial score (nSPS) is 11.3. The molecule has 0 unspecified atom stereocenters. The van der Waals surface area contributed by atoms with E-state index in [0.717, 1.165) is 0 Å². The number of carbonyl (C=O) groups is 1. The van der Waals surface area contributed by atoms with Crippen LogP contribution in [0.5, 0.6) is 5.75 Å². The number of carbonyl (C=O) groups excluding carboxylic acids is 1. The molecule has 1 heterocycles. The zero-order valence-electron chi connectivity index (χ0n) is 16.6. The fraction of sp³-hybridized carbons (Fsp3) is 0.250. The maximum Gasteiger partial charge on any atom is 0.307 e. The number of hydrogen-bond donors (Lipinski definition) is 1. The van der Waals surface area contributed by atoms with Crippen molar-refractivity contribution in [1.29, 1.82) is 0 Å². The summed E-state index contributed by atoms with van der Waals surface area (Å²) in [5.74, 6) is 0.415. The monoisotopic (exact) mass is 465 g/mol. The van der Waals surface area contributed by atoms with Crippen molar-refractivity contribution in [2.45, 2.75) is 24.8 Å². The molecule has 0 saturated heterocycles. The number of nitrogens with zero attached hydrogens (tertiary/aromatic N) is 2. The van der Waals surface area contributed by atoms with Crippen molar-refractivity contribution in [2.75, 3.05) is 13.2 Å². The van der Waals surface area contributed by atoms with Crippen LogP contribution in [-0.4, -0.2) is 37.7 Å². The van der Waals surface area contributed by atoms with Crippen LogP contribution in [-0.2, 0) is 26.2 Å². The minimum absolute atomic E-state index is 0.0518. The van der Waals surface area contributed by atoms with Crippen LogP contribution in [0.4, 0.5) is 0 Å². The van der Waals surface area contributed by atoms with Crippen LogP contribution < -0.4 is 9.46 Å². The highest BCUT2D eigenvalue weighted by Gasteiger charge is 2.16. The van der Waals surface area contributed by atoms with Gasteiger partial charge in [0.1, 0.15) is 5.75 Å². The van der Waals surface area contributed by atoms with Crippen LogP contribution in [0, 0.1) is 0 Å². The van der Waals surface area contributed by atoms with Gasteiger partial charge in [0.2, 0.25) is 15.8 Å². The molecule has 0 saturated carbocycles. The molecule has 1 N–H and O–H groups in total. The number of nitrogens with one attached hydrogen (secondary N) is 1. The number of rotatable bonds is 10. The molecule has 0 atom stereocenters. The Morgan fingerprint density at radius 3 is 2.65 bits per heavy atom. The lowest BCUT2D eigenvalue weighted by atomic mass is 10.2. The first-order valence-electron chi connectivity index (χ1n) is 9.34. The molecule has 3 rings (SSSR count). The van der Waals surface area contributed by atoms with E-state index in [9.17, 15) is 13.2 Å². The minimum Gasteiger partial charge on any atom is -0.493 e. The van der Waals surface area contributed by atoms with Gasteiger partial charge in [0.25, 0.3) is 5.89 Å². The summed E-state index contributed by atoms with van der Waals surface area (Å²) in [5, 5.41) is 4.31. The lowest BCUT2D eigenvalue weighted by molar-refractivity contribution is -0.145. The van der Waals surface area contributed by atoms with Crippen LogP contribution in [0.25, 0.3) is 11.4 Å². The third kappa shape index (κ3) is 6.27. The number of ether oxygens (including phenoxy) is 2. The molecule has 0 amide bonds. The van der Waals surface area contributed by atoms with Gasteiger partial charge in [0.05, 0.1) is 23.5 Å². The predicted octanol–water partition coefficient (Wildman–Crippen LogP) is 3.20. The Labute approximate surface area is 184 Å². The van der Waals surface area contributed by atoms with Gasteiger partial charge in [-0.25, -0.2) is 13.1 Å². The van der Waals surface area contributed by atoms with Crippen molar-refractivity contribution >= 4 is 27.6 Å². The second-order valence-corrected chi connectivity index (χ2v) is 8.41. The molecule has 31 heavy (non-hydrogen) atoms. The highest BCUT2D eigenvalue weighted by Crippen LogP contribution is 2.27. The van der Waals surface area contributed by atoms with Crippen molar-refractivity contribution < 1.29 is 27.2 Å². The summed E-state index contributed by atoms with van der Waals surface area (Å²) in [4.78, 5) is 16.2. The van der Waals surface area contributed by atoms with Crippen LogP contribution >= 0.6 is 11.6 Å². The Morgan fingerprint density at radius 2 is 1.90 bits per heavy atom. The van der Waals surface area contributed by atoms with E-state index in [1.165, 1.54) is 24.3 Å². The lowest BCUT2D eigenvalue weighted by Gasteiger charge is -2.07. The van der Waals surface area contributed by atoms with Gasteiger partial charge in [-0.3, -0.25) is 4.79 Å². The summed E-state index contributed by atoms with van der Waals surface area (Å²) in [6, 6.07) is 12.9. The van der Waals surface area contributed by atoms with E-state index < -0.39 is 16.0 Å². The Hall–Kier alpha value is -2.95. The predicted molar refractivity (Wildman–Crippen MR) is 112 cm³/mol. The zero-order chi connectivity index (χ0) is 22.3. The highest BCUT2D eigenvalue weighted by molar-refractivity contribution is 7.89. The summed E-state index contributed by atoms with van der Waals surface area (Å²) in [7, 11) is -3.75. The summed E-state index contributed by atoms with van der Waals surface area (Å²) >= 11 is 5.75. The van der Waals surface area contributed by atoms with Gasteiger partial charge in [-0.2, -0.15) is 4.98 Å².